The van der Waals surface area contributed by atoms with E-state index in [0.29, 0.717) is 0 Å². The Balaban J connectivity index is 0.000000140. The molecular formula is C10H20N2OS. The van der Waals surface area contributed by atoms with Gasteiger partial charge < -0.3 is 27.6 Å². The van der Waals surface area contributed by atoms with Crippen molar-refractivity contribution in [2.75, 3.05) is 33.4 Å². The van der Waals surface area contributed by atoms with Crippen molar-refractivity contribution < 1.29 is 9.64 Å². The van der Waals surface area contributed by atoms with Crippen LogP contribution in [-0.2, 0) is 17.4 Å². The second-order valence-corrected chi connectivity index (χ2v) is 4.27. The SMILES string of the molecule is C[NH+]1CCOCC1.[S-]C1CCC=CN1. The topological polar surface area (TPSA) is 25.7 Å². The normalized spacial score (nSPS) is 27.4. The fourth-order valence-electron chi connectivity index (χ4n) is 1.31. The largest absolute Gasteiger partial charge is 0.768 e. The standard InChI is InChI=1S/C5H11NO.C5H9NS/c1-6-2-4-7-5-3-6;7-5-3-1-2-4-6-5/h2-5H2,1H3;2,4-7H,1,3H2. The lowest BCUT2D eigenvalue weighted by Gasteiger charge is -2.25. The number of allylic oxidation sites excluding steroid dienone is 1. The molecule has 0 spiro atoms. The van der Waals surface area contributed by atoms with E-state index in [1.807, 2.05) is 6.20 Å². The molecule has 1 atom stereocenters. The summed E-state index contributed by atoms with van der Waals surface area (Å²) in [6, 6.07) is 0. The van der Waals surface area contributed by atoms with Crippen LogP contribution in [0.1, 0.15) is 12.8 Å². The van der Waals surface area contributed by atoms with E-state index in [2.05, 4.69) is 18.4 Å². The molecule has 0 saturated carbocycles. The Bertz CT molecular complexity index is 170. The summed E-state index contributed by atoms with van der Waals surface area (Å²) in [4.78, 5) is 1.59. The zero-order valence-electron chi connectivity index (χ0n) is 8.79. The fourth-order valence-corrected chi connectivity index (χ4v) is 1.52. The van der Waals surface area contributed by atoms with Crippen molar-refractivity contribution >= 4 is 12.6 Å². The van der Waals surface area contributed by atoms with Crippen molar-refractivity contribution in [3.8, 4) is 0 Å². The minimum Gasteiger partial charge on any atom is -0.768 e. The summed E-state index contributed by atoms with van der Waals surface area (Å²) in [5.74, 6) is 0. The number of hydrogen-bond donors (Lipinski definition) is 2. The van der Waals surface area contributed by atoms with Gasteiger partial charge in [-0.3, -0.25) is 0 Å². The number of nitrogens with one attached hydrogen (secondary N) is 2. The molecule has 4 heteroatoms. The zero-order chi connectivity index (χ0) is 10.2. The predicted octanol–water partition coefficient (Wildman–Crippen LogP) is -0.712. The molecule has 0 bridgehead atoms. The van der Waals surface area contributed by atoms with E-state index < -0.39 is 0 Å². The van der Waals surface area contributed by atoms with Gasteiger partial charge in [0, 0.05) is 0 Å². The van der Waals surface area contributed by atoms with Gasteiger partial charge in [0.15, 0.2) is 0 Å². The molecule has 3 nitrogen and oxygen atoms in total. The van der Waals surface area contributed by atoms with Crippen LogP contribution in [0.2, 0.25) is 0 Å². The minimum atomic E-state index is 0.282. The molecule has 0 aliphatic carbocycles. The van der Waals surface area contributed by atoms with E-state index in [0.717, 1.165) is 26.1 Å². The fraction of sp³-hybridized carbons (Fsp3) is 0.800. The average molecular weight is 216 g/mol. The Hall–Kier alpha value is -0.190. The lowest BCUT2D eigenvalue weighted by Crippen LogP contribution is -3.11. The maximum absolute atomic E-state index is 5.12. The van der Waals surface area contributed by atoms with E-state index in [-0.39, 0.29) is 5.37 Å². The monoisotopic (exact) mass is 216 g/mol. The molecule has 1 saturated heterocycles. The molecule has 2 aliphatic rings. The molecule has 2 N–H and O–H groups in total. The molecular weight excluding hydrogens is 196 g/mol. The lowest BCUT2D eigenvalue weighted by molar-refractivity contribution is -0.888. The molecule has 1 unspecified atom stereocenters. The third-order valence-electron chi connectivity index (χ3n) is 2.34. The Labute approximate surface area is 91.9 Å². The highest BCUT2D eigenvalue weighted by Gasteiger charge is 2.05. The number of rotatable bonds is 0. The van der Waals surface area contributed by atoms with E-state index >= 15 is 0 Å². The minimum absolute atomic E-state index is 0.282. The van der Waals surface area contributed by atoms with Gasteiger partial charge in [0.2, 0.25) is 0 Å². The number of hydrogen-bond acceptors (Lipinski definition) is 3. The van der Waals surface area contributed by atoms with Crippen molar-refractivity contribution in [3.05, 3.63) is 12.3 Å². The first-order valence-electron chi connectivity index (χ1n) is 5.25. The number of ether oxygens (including phenoxy) is 1. The van der Waals surface area contributed by atoms with Gasteiger partial charge in [-0.1, -0.05) is 17.9 Å². The maximum atomic E-state index is 5.12. The molecule has 0 radical (unpaired) electrons. The number of morpholine rings is 1. The van der Waals surface area contributed by atoms with Crippen LogP contribution in [0.4, 0.5) is 0 Å². The number of quaternary nitrogens is 1. The van der Waals surface area contributed by atoms with Crippen molar-refractivity contribution in [2.24, 2.45) is 0 Å². The van der Waals surface area contributed by atoms with Crippen LogP contribution < -0.4 is 10.2 Å². The summed E-state index contributed by atoms with van der Waals surface area (Å²) in [6.07, 6.45) is 6.27. The van der Waals surface area contributed by atoms with Gasteiger partial charge >= 0.3 is 0 Å². The molecule has 0 amide bonds. The Morgan fingerprint density at radius 2 is 2.14 bits per heavy atom. The predicted molar refractivity (Wildman–Crippen MR) is 60.1 cm³/mol. The Kier molecular flexibility index (Phi) is 6.07. The lowest BCUT2D eigenvalue weighted by atomic mass is 10.2. The second-order valence-electron chi connectivity index (χ2n) is 3.70. The van der Waals surface area contributed by atoms with Gasteiger partial charge in [0.1, 0.15) is 13.1 Å². The third kappa shape index (κ3) is 5.52. The maximum Gasteiger partial charge on any atom is 0.101 e. The highest BCUT2D eigenvalue weighted by Crippen LogP contribution is 2.00. The van der Waals surface area contributed by atoms with Crippen LogP contribution in [-0.4, -0.2) is 38.7 Å². The van der Waals surface area contributed by atoms with Crippen LogP contribution in [0.5, 0.6) is 0 Å². The molecule has 14 heavy (non-hydrogen) atoms. The van der Waals surface area contributed by atoms with Crippen LogP contribution in [0.15, 0.2) is 12.3 Å². The highest BCUT2D eigenvalue weighted by molar-refractivity contribution is 7.59. The molecule has 2 aliphatic heterocycles. The zero-order valence-corrected chi connectivity index (χ0v) is 9.61. The van der Waals surface area contributed by atoms with E-state index in [9.17, 15) is 0 Å². The summed E-state index contributed by atoms with van der Waals surface area (Å²) >= 11 is 4.93. The Morgan fingerprint density at radius 1 is 1.43 bits per heavy atom. The van der Waals surface area contributed by atoms with Crippen LogP contribution in [0, 0.1) is 0 Å². The summed E-state index contributed by atoms with van der Waals surface area (Å²) in [5, 5.41) is 3.30. The molecule has 0 aromatic carbocycles. The first-order valence-corrected chi connectivity index (χ1v) is 5.72. The summed E-state index contributed by atoms with van der Waals surface area (Å²) in [7, 11) is 2.20. The molecule has 2 rings (SSSR count). The van der Waals surface area contributed by atoms with Gasteiger partial charge in [-0.2, -0.15) is 0 Å². The van der Waals surface area contributed by atoms with Crippen LogP contribution >= 0.6 is 0 Å². The smallest absolute Gasteiger partial charge is 0.101 e. The molecule has 0 aromatic rings. The average Bonchev–Trinajstić information content (AvgIpc) is 2.21. The van der Waals surface area contributed by atoms with Crippen LogP contribution in [0.3, 0.4) is 0 Å². The summed E-state index contributed by atoms with van der Waals surface area (Å²) in [5.41, 5.74) is 0. The third-order valence-corrected chi connectivity index (χ3v) is 2.71. The van der Waals surface area contributed by atoms with Gasteiger partial charge in [0.05, 0.1) is 20.3 Å². The van der Waals surface area contributed by atoms with E-state index in [1.165, 1.54) is 13.1 Å². The van der Waals surface area contributed by atoms with Crippen molar-refractivity contribution in [3.63, 3.8) is 0 Å². The van der Waals surface area contributed by atoms with Crippen molar-refractivity contribution in [1.82, 2.24) is 5.32 Å². The summed E-state index contributed by atoms with van der Waals surface area (Å²) < 4.78 is 5.12. The van der Waals surface area contributed by atoms with Gasteiger partial charge in [-0.05, 0) is 12.6 Å². The molecule has 82 valence electrons. The van der Waals surface area contributed by atoms with E-state index in [1.54, 1.807) is 4.90 Å². The van der Waals surface area contributed by atoms with E-state index in [4.69, 9.17) is 17.4 Å². The number of likely N-dealkylation sites (N-methyl/N-ethyl adjacent to an activating group) is 1. The highest BCUT2D eigenvalue weighted by atomic mass is 32.1. The summed E-state index contributed by atoms with van der Waals surface area (Å²) in [6.45, 7) is 4.26. The van der Waals surface area contributed by atoms with Gasteiger partial charge in [0.25, 0.3) is 0 Å². The van der Waals surface area contributed by atoms with Crippen LogP contribution in [0.25, 0.3) is 0 Å². The molecule has 1 fully saturated rings. The Morgan fingerprint density at radius 3 is 2.43 bits per heavy atom. The van der Waals surface area contributed by atoms with Gasteiger partial charge in [-0.25, -0.2) is 0 Å². The molecule has 0 aromatic heterocycles. The first-order chi connectivity index (χ1) is 6.79. The quantitative estimate of drug-likeness (QED) is 0.523. The molecule has 2 heterocycles. The second kappa shape index (κ2) is 7.15. The van der Waals surface area contributed by atoms with Crippen molar-refractivity contribution in [1.29, 1.82) is 0 Å². The first kappa shape index (κ1) is 11.9. The van der Waals surface area contributed by atoms with Crippen molar-refractivity contribution in [2.45, 2.75) is 18.2 Å². The van der Waals surface area contributed by atoms with Gasteiger partial charge in [-0.15, -0.1) is 0 Å².